The summed E-state index contributed by atoms with van der Waals surface area (Å²) in [6, 6.07) is 24.9. The Morgan fingerprint density at radius 3 is 2.16 bits per heavy atom. The second-order valence-corrected chi connectivity index (χ2v) is 5.42. The summed E-state index contributed by atoms with van der Waals surface area (Å²) in [5.74, 6) is 0.532. The third-order valence-corrected chi connectivity index (χ3v) is 3.75. The molecule has 0 saturated carbocycles. The molecule has 0 fully saturated rings. The molecule has 3 rings (SSSR count). The smallest absolute Gasteiger partial charge is 0.271 e. The molecule has 124 valence electrons. The zero-order chi connectivity index (χ0) is 17.5. The van der Waals surface area contributed by atoms with E-state index in [0.29, 0.717) is 5.56 Å². The summed E-state index contributed by atoms with van der Waals surface area (Å²) in [6.07, 6.45) is 1.59. The summed E-state index contributed by atoms with van der Waals surface area (Å²) in [7, 11) is 1.62. The van der Waals surface area contributed by atoms with Crippen LogP contribution in [0.5, 0.6) is 5.75 Å². The molecule has 0 aliphatic heterocycles. The van der Waals surface area contributed by atoms with E-state index in [4.69, 9.17) is 4.74 Å². The largest absolute Gasteiger partial charge is 0.497 e. The van der Waals surface area contributed by atoms with Crippen LogP contribution < -0.4 is 10.2 Å². The van der Waals surface area contributed by atoms with Gasteiger partial charge in [-0.3, -0.25) is 4.79 Å². The Labute approximate surface area is 146 Å². The molecule has 0 radical (unpaired) electrons. The Bertz CT molecular complexity index is 855. The number of hydrazone groups is 1. The molecule has 0 atom stereocenters. The minimum absolute atomic E-state index is 0.246. The van der Waals surface area contributed by atoms with Gasteiger partial charge in [-0.1, -0.05) is 42.5 Å². The van der Waals surface area contributed by atoms with Crippen LogP contribution in [-0.4, -0.2) is 19.2 Å². The molecule has 0 unspecified atom stereocenters. The van der Waals surface area contributed by atoms with Gasteiger partial charge in [0, 0.05) is 5.56 Å². The minimum atomic E-state index is -0.246. The van der Waals surface area contributed by atoms with E-state index in [2.05, 4.69) is 10.5 Å². The number of hydrogen-bond acceptors (Lipinski definition) is 3. The van der Waals surface area contributed by atoms with Crippen LogP contribution >= 0.6 is 0 Å². The average molecular weight is 330 g/mol. The van der Waals surface area contributed by atoms with Crippen molar-refractivity contribution in [2.24, 2.45) is 5.10 Å². The normalized spacial score (nSPS) is 10.6. The first kappa shape index (κ1) is 16.5. The molecule has 0 spiro atoms. The molecule has 0 aliphatic carbocycles. The third kappa shape index (κ3) is 4.32. The van der Waals surface area contributed by atoms with Crippen LogP contribution in [0.4, 0.5) is 0 Å². The fourth-order valence-electron chi connectivity index (χ4n) is 2.36. The highest BCUT2D eigenvalue weighted by molar-refractivity contribution is 5.95. The predicted octanol–water partition coefficient (Wildman–Crippen LogP) is 4.13. The number of nitrogens with one attached hydrogen (secondary N) is 1. The first-order valence-electron chi connectivity index (χ1n) is 7.89. The molecule has 1 N–H and O–H groups in total. The number of nitrogens with zero attached hydrogens (tertiary/aromatic N) is 1. The second-order valence-electron chi connectivity index (χ2n) is 5.42. The fourth-order valence-corrected chi connectivity index (χ4v) is 2.36. The number of rotatable bonds is 5. The van der Waals surface area contributed by atoms with E-state index in [9.17, 15) is 4.79 Å². The molecule has 0 aliphatic rings. The Morgan fingerprint density at radius 1 is 0.880 bits per heavy atom. The minimum Gasteiger partial charge on any atom is -0.497 e. The predicted molar refractivity (Wildman–Crippen MR) is 99.9 cm³/mol. The number of carbonyl (C=O) groups excluding carboxylic acids is 1. The standard InChI is InChI=1S/C21H18N2O2/c1-25-20-13-7-16(8-14-20)15-22-23-21(24)19-11-9-18(10-12-19)17-5-3-2-4-6-17/h2-15H,1H3,(H,23,24). The van der Waals surface area contributed by atoms with Crippen molar-refractivity contribution >= 4 is 12.1 Å². The summed E-state index contributed by atoms with van der Waals surface area (Å²) >= 11 is 0. The first-order chi connectivity index (χ1) is 12.3. The number of amides is 1. The molecule has 3 aromatic rings. The van der Waals surface area contributed by atoms with E-state index in [0.717, 1.165) is 22.4 Å². The molecule has 1 amide bonds. The molecule has 4 heteroatoms. The SMILES string of the molecule is COc1ccc(C=NNC(=O)c2ccc(-c3ccccc3)cc2)cc1. The zero-order valence-corrected chi connectivity index (χ0v) is 13.8. The van der Waals surface area contributed by atoms with Crippen molar-refractivity contribution in [3.8, 4) is 16.9 Å². The highest BCUT2D eigenvalue weighted by atomic mass is 16.5. The van der Waals surface area contributed by atoms with Crippen molar-refractivity contribution in [3.63, 3.8) is 0 Å². The topological polar surface area (TPSA) is 50.7 Å². The maximum absolute atomic E-state index is 12.1. The van der Waals surface area contributed by atoms with Crippen molar-refractivity contribution in [3.05, 3.63) is 90.0 Å². The van der Waals surface area contributed by atoms with Gasteiger partial charge < -0.3 is 4.74 Å². The lowest BCUT2D eigenvalue weighted by Crippen LogP contribution is -2.17. The monoisotopic (exact) mass is 330 g/mol. The van der Waals surface area contributed by atoms with Gasteiger partial charge in [-0.15, -0.1) is 0 Å². The Kier molecular flexibility index (Phi) is 5.22. The van der Waals surface area contributed by atoms with E-state index in [1.807, 2.05) is 66.7 Å². The number of methoxy groups -OCH3 is 1. The van der Waals surface area contributed by atoms with Crippen molar-refractivity contribution < 1.29 is 9.53 Å². The van der Waals surface area contributed by atoms with Gasteiger partial charge in [0.05, 0.1) is 13.3 Å². The van der Waals surface area contributed by atoms with Crippen LogP contribution in [0.3, 0.4) is 0 Å². The molecular weight excluding hydrogens is 312 g/mol. The van der Waals surface area contributed by atoms with Crippen molar-refractivity contribution in [2.45, 2.75) is 0 Å². The van der Waals surface area contributed by atoms with Crippen molar-refractivity contribution in [1.82, 2.24) is 5.43 Å². The van der Waals surface area contributed by atoms with Crippen LogP contribution in [0.15, 0.2) is 84.0 Å². The van der Waals surface area contributed by atoms with Gasteiger partial charge >= 0.3 is 0 Å². The molecular formula is C21H18N2O2. The van der Waals surface area contributed by atoms with E-state index in [1.165, 1.54) is 0 Å². The van der Waals surface area contributed by atoms with Crippen molar-refractivity contribution in [2.75, 3.05) is 7.11 Å². The zero-order valence-electron chi connectivity index (χ0n) is 13.8. The Balaban J connectivity index is 1.62. The van der Waals surface area contributed by atoms with Crippen LogP contribution in [0.25, 0.3) is 11.1 Å². The lowest BCUT2D eigenvalue weighted by Gasteiger charge is -2.04. The lowest BCUT2D eigenvalue weighted by molar-refractivity contribution is 0.0955. The summed E-state index contributed by atoms with van der Waals surface area (Å²) in [5, 5.41) is 3.99. The van der Waals surface area contributed by atoms with Crippen LogP contribution in [0.2, 0.25) is 0 Å². The molecule has 0 saturated heterocycles. The maximum Gasteiger partial charge on any atom is 0.271 e. The van der Waals surface area contributed by atoms with E-state index in [1.54, 1.807) is 25.5 Å². The lowest BCUT2D eigenvalue weighted by atomic mass is 10.0. The van der Waals surface area contributed by atoms with Gasteiger partial charge in [0.15, 0.2) is 0 Å². The van der Waals surface area contributed by atoms with E-state index < -0.39 is 0 Å². The summed E-state index contributed by atoms with van der Waals surface area (Å²) in [4.78, 5) is 12.1. The van der Waals surface area contributed by atoms with Gasteiger partial charge in [-0.05, 0) is 53.1 Å². The van der Waals surface area contributed by atoms with Gasteiger partial charge in [-0.2, -0.15) is 5.10 Å². The third-order valence-electron chi connectivity index (χ3n) is 3.75. The van der Waals surface area contributed by atoms with Gasteiger partial charge in [-0.25, -0.2) is 5.43 Å². The fraction of sp³-hybridized carbons (Fsp3) is 0.0476. The van der Waals surface area contributed by atoms with Gasteiger partial charge in [0.1, 0.15) is 5.75 Å². The van der Waals surface area contributed by atoms with Crippen LogP contribution in [-0.2, 0) is 0 Å². The van der Waals surface area contributed by atoms with E-state index in [-0.39, 0.29) is 5.91 Å². The number of carbonyl (C=O) groups is 1. The Morgan fingerprint density at radius 2 is 1.52 bits per heavy atom. The van der Waals surface area contributed by atoms with E-state index >= 15 is 0 Å². The van der Waals surface area contributed by atoms with Gasteiger partial charge in [0.2, 0.25) is 0 Å². The molecule has 4 nitrogen and oxygen atoms in total. The number of hydrogen-bond donors (Lipinski definition) is 1. The van der Waals surface area contributed by atoms with Crippen LogP contribution in [0.1, 0.15) is 15.9 Å². The molecule has 0 heterocycles. The van der Waals surface area contributed by atoms with Gasteiger partial charge in [0.25, 0.3) is 5.91 Å². The summed E-state index contributed by atoms with van der Waals surface area (Å²) in [6.45, 7) is 0. The average Bonchev–Trinajstić information content (AvgIpc) is 2.69. The summed E-state index contributed by atoms with van der Waals surface area (Å²) in [5.41, 5.74) is 6.16. The first-order valence-corrected chi connectivity index (χ1v) is 7.89. The Hall–Kier alpha value is -3.40. The molecule has 0 aromatic heterocycles. The highest BCUT2D eigenvalue weighted by Crippen LogP contribution is 2.19. The quantitative estimate of drug-likeness (QED) is 0.565. The number of ether oxygens (including phenoxy) is 1. The molecule has 25 heavy (non-hydrogen) atoms. The highest BCUT2D eigenvalue weighted by Gasteiger charge is 2.04. The van der Waals surface area contributed by atoms with Crippen molar-refractivity contribution in [1.29, 1.82) is 0 Å². The molecule has 0 bridgehead atoms. The molecule has 3 aromatic carbocycles. The van der Waals surface area contributed by atoms with Crippen LogP contribution in [0, 0.1) is 0 Å². The maximum atomic E-state index is 12.1. The number of benzene rings is 3. The second kappa shape index (κ2) is 7.93. The summed E-state index contributed by atoms with van der Waals surface area (Å²) < 4.78 is 5.10.